The van der Waals surface area contributed by atoms with Gasteiger partial charge in [-0.1, -0.05) is 6.42 Å². The van der Waals surface area contributed by atoms with Crippen LogP contribution in [0.3, 0.4) is 0 Å². The van der Waals surface area contributed by atoms with Gasteiger partial charge in [-0.25, -0.2) is 9.50 Å². The molecule has 0 aliphatic carbocycles. The SMILES string of the molecule is COc1cc(-n2cnc(Nc3nc(N4CCCC4C(N)=O)nn4c(CN5CCCCC5)ccc34)c2)cc(OC)c1OC. The molecule has 0 saturated carbocycles. The molecule has 6 rings (SSSR count). The topological polar surface area (TPSA) is 137 Å². The third-order valence-electron chi connectivity index (χ3n) is 8.03. The van der Waals surface area contributed by atoms with E-state index in [1.54, 1.807) is 27.7 Å². The molecule has 2 aliphatic rings. The molecule has 3 N–H and O–H groups in total. The number of fused-ring (bicyclic) bond motifs is 1. The number of carbonyl (C=O) groups is 1. The van der Waals surface area contributed by atoms with Gasteiger partial charge < -0.3 is 34.7 Å². The first-order valence-corrected chi connectivity index (χ1v) is 14.3. The normalized spacial score (nSPS) is 17.5. The summed E-state index contributed by atoms with van der Waals surface area (Å²) in [6.07, 6.45) is 8.79. The molecule has 13 nitrogen and oxygen atoms in total. The van der Waals surface area contributed by atoms with Crippen molar-refractivity contribution in [2.45, 2.75) is 44.7 Å². The maximum absolute atomic E-state index is 12.2. The van der Waals surface area contributed by atoms with Crippen LogP contribution in [0.1, 0.15) is 37.8 Å². The van der Waals surface area contributed by atoms with Crippen LogP contribution >= 0.6 is 0 Å². The highest BCUT2D eigenvalue weighted by atomic mass is 16.5. The van der Waals surface area contributed by atoms with E-state index < -0.39 is 6.04 Å². The van der Waals surface area contributed by atoms with Gasteiger partial charge in [0.05, 0.1) is 38.9 Å². The van der Waals surface area contributed by atoms with Crippen LogP contribution in [-0.2, 0) is 11.3 Å². The Kier molecular flexibility index (Phi) is 7.74. The third kappa shape index (κ3) is 5.27. The summed E-state index contributed by atoms with van der Waals surface area (Å²) in [5.41, 5.74) is 8.42. The minimum atomic E-state index is -0.435. The third-order valence-corrected chi connectivity index (χ3v) is 8.03. The van der Waals surface area contributed by atoms with Crippen molar-refractivity contribution in [1.29, 1.82) is 0 Å². The number of anilines is 3. The largest absolute Gasteiger partial charge is 0.493 e. The number of aromatic nitrogens is 5. The lowest BCUT2D eigenvalue weighted by Crippen LogP contribution is -2.41. The van der Waals surface area contributed by atoms with Crippen LogP contribution in [0.25, 0.3) is 11.2 Å². The van der Waals surface area contributed by atoms with Crippen molar-refractivity contribution < 1.29 is 19.0 Å². The monoisotopic (exact) mass is 575 g/mol. The molecule has 2 fully saturated rings. The van der Waals surface area contributed by atoms with Crippen LogP contribution in [0.4, 0.5) is 17.6 Å². The van der Waals surface area contributed by atoms with Crippen LogP contribution in [0.15, 0.2) is 36.8 Å². The molecule has 4 aromatic rings. The Balaban J connectivity index is 1.36. The number of primary amides is 1. The number of imidazole rings is 1. The van der Waals surface area contributed by atoms with E-state index in [-0.39, 0.29) is 5.91 Å². The van der Waals surface area contributed by atoms with Gasteiger partial charge in [0.2, 0.25) is 17.6 Å². The lowest BCUT2D eigenvalue weighted by Gasteiger charge is -2.26. The van der Waals surface area contributed by atoms with Gasteiger partial charge in [-0.15, -0.1) is 5.10 Å². The molecule has 2 aliphatic heterocycles. The van der Waals surface area contributed by atoms with Gasteiger partial charge >= 0.3 is 0 Å². The number of carbonyl (C=O) groups excluding carboxylic acids is 1. The molecule has 0 bridgehead atoms. The van der Waals surface area contributed by atoms with Crippen molar-refractivity contribution in [1.82, 2.24) is 29.0 Å². The fraction of sp³-hybridized carbons (Fsp3) is 0.448. The maximum atomic E-state index is 12.2. The quantitative estimate of drug-likeness (QED) is 0.290. The highest BCUT2D eigenvalue weighted by Gasteiger charge is 2.32. The molecular formula is C29H37N9O4. The molecule has 0 radical (unpaired) electrons. The van der Waals surface area contributed by atoms with Gasteiger partial charge in [0.1, 0.15) is 23.7 Å². The van der Waals surface area contributed by atoms with Crippen molar-refractivity contribution in [2.24, 2.45) is 5.73 Å². The first kappa shape index (κ1) is 27.6. The number of likely N-dealkylation sites (tertiary alicyclic amines) is 1. The number of nitrogens with one attached hydrogen (secondary N) is 1. The van der Waals surface area contributed by atoms with Gasteiger partial charge in [0.25, 0.3) is 0 Å². The Morgan fingerprint density at radius 2 is 1.79 bits per heavy atom. The summed E-state index contributed by atoms with van der Waals surface area (Å²) < 4.78 is 20.3. The van der Waals surface area contributed by atoms with Crippen molar-refractivity contribution in [3.05, 3.63) is 42.5 Å². The van der Waals surface area contributed by atoms with Crippen molar-refractivity contribution in [2.75, 3.05) is 51.2 Å². The molecule has 0 spiro atoms. The summed E-state index contributed by atoms with van der Waals surface area (Å²) in [4.78, 5) is 26.1. The molecule has 13 heteroatoms. The summed E-state index contributed by atoms with van der Waals surface area (Å²) in [5.74, 6) is 2.88. The first-order chi connectivity index (χ1) is 20.5. The molecule has 222 valence electrons. The average Bonchev–Trinajstić information content (AvgIpc) is 3.77. The summed E-state index contributed by atoms with van der Waals surface area (Å²) >= 11 is 0. The van der Waals surface area contributed by atoms with Crippen LogP contribution in [0.2, 0.25) is 0 Å². The molecular weight excluding hydrogens is 538 g/mol. The number of ether oxygens (including phenoxy) is 3. The fourth-order valence-corrected chi connectivity index (χ4v) is 5.89. The standard InChI is InChI=1S/C29H37N9O4/c1-40-23-14-20(15-24(41-2)26(23)42-3)36-17-25(31-18-36)32-28-22-10-9-19(16-35-11-5-4-6-12-35)38(22)34-29(33-28)37-13-7-8-21(37)27(30)39/h9-10,14-15,17-18,21H,4-8,11-13,16H2,1-3H3,(H2,30,39)(H,32,33,34). The Morgan fingerprint density at radius 1 is 1.02 bits per heavy atom. The molecule has 1 unspecified atom stereocenters. The number of nitrogens with two attached hydrogens (primary N) is 1. The van der Waals surface area contributed by atoms with Crippen LogP contribution in [0.5, 0.6) is 17.2 Å². The Hall–Kier alpha value is -4.52. The predicted octanol–water partition coefficient (Wildman–Crippen LogP) is 3.12. The number of methoxy groups -OCH3 is 3. The van der Waals surface area contributed by atoms with E-state index in [9.17, 15) is 4.79 Å². The van der Waals surface area contributed by atoms with Crippen LogP contribution in [0, 0.1) is 0 Å². The number of benzene rings is 1. The van der Waals surface area contributed by atoms with E-state index in [1.807, 2.05) is 38.4 Å². The molecule has 2 saturated heterocycles. The molecule has 1 atom stereocenters. The van der Waals surface area contributed by atoms with E-state index in [0.717, 1.165) is 43.0 Å². The van der Waals surface area contributed by atoms with E-state index in [1.165, 1.54) is 19.3 Å². The molecule has 1 amide bonds. The van der Waals surface area contributed by atoms with E-state index in [0.29, 0.717) is 47.8 Å². The van der Waals surface area contributed by atoms with Crippen LogP contribution in [-0.4, -0.2) is 82.0 Å². The summed E-state index contributed by atoms with van der Waals surface area (Å²) in [5, 5.41) is 8.31. The first-order valence-electron chi connectivity index (χ1n) is 14.3. The number of nitrogens with zero attached hydrogens (tertiary/aromatic N) is 7. The Morgan fingerprint density at radius 3 is 2.48 bits per heavy atom. The summed E-state index contributed by atoms with van der Waals surface area (Å²) in [6, 6.07) is 7.39. The highest BCUT2D eigenvalue weighted by molar-refractivity contribution is 5.84. The fourth-order valence-electron chi connectivity index (χ4n) is 5.89. The Labute approximate surface area is 244 Å². The zero-order valence-electron chi connectivity index (χ0n) is 24.2. The molecule has 42 heavy (non-hydrogen) atoms. The van der Waals surface area contributed by atoms with E-state index in [4.69, 9.17) is 30.0 Å². The van der Waals surface area contributed by atoms with Gasteiger partial charge in [0.15, 0.2) is 17.3 Å². The minimum absolute atomic E-state index is 0.365. The number of piperidine rings is 1. The van der Waals surface area contributed by atoms with Gasteiger partial charge in [0, 0.05) is 25.2 Å². The zero-order chi connectivity index (χ0) is 29.2. The highest BCUT2D eigenvalue weighted by Crippen LogP contribution is 2.39. The summed E-state index contributed by atoms with van der Waals surface area (Å²) in [7, 11) is 4.74. The summed E-state index contributed by atoms with van der Waals surface area (Å²) in [6.45, 7) is 3.60. The van der Waals surface area contributed by atoms with E-state index >= 15 is 0 Å². The van der Waals surface area contributed by atoms with Crippen molar-refractivity contribution in [3.63, 3.8) is 0 Å². The zero-order valence-corrected chi connectivity index (χ0v) is 24.2. The number of rotatable bonds is 10. The molecule has 3 aromatic heterocycles. The second kappa shape index (κ2) is 11.8. The van der Waals surface area contributed by atoms with Crippen LogP contribution < -0.4 is 30.2 Å². The number of hydrogen-bond donors (Lipinski definition) is 2. The smallest absolute Gasteiger partial charge is 0.246 e. The number of hydrogen-bond acceptors (Lipinski definition) is 10. The van der Waals surface area contributed by atoms with Crippen molar-refractivity contribution in [3.8, 4) is 22.9 Å². The molecule has 5 heterocycles. The van der Waals surface area contributed by atoms with Gasteiger partial charge in [-0.05, 0) is 50.9 Å². The average molecular weight is 576 g/mol. The maximum Gasteiger partial charge on any atom is 0.246 e. The van der Waals surface area contributed by atoms with Gasteiger partial charge in [-0.2, -0.15) is 4.98 Å². The second-order valence-corrected chi connectivity index (χ2v) is 10.6. The van der Waals surface area contributed by atoms with E-state index in [2.05, 4.69) is 21.3 Å². The molecule has 1 aromatic carbocycles. The predicted molar refractivity (Wildman–Crippen MR) is 158 cm³/mol. The number of amides is 1. The second-order valence-electron chi connectivity index (χ2n) is 10.6. The lowest BCUT2D eigenvalue weighted by atomic mass is 10.1. The Bertz CT molecular complexity index is 1550. The minimum Gasteiger partial charge on any atom is -0.493 e. The lowest BCUT2D eigenvalue weighted by molar-refractivity contribution is -0.119. The van der Waals surface area contributed by atoms with Crippen molar-refractivity contribution >= 4 is 29.0 Å². The van der Waals surface area contributed by atoms with Gasteiger partial charge in [-0.3, -0.25) is 9.69 Å².